The van der Waals surface area contributed by atoms with Crippen molar-refractivity contribution in [1.29, 1.82) is 0 Å². The lowest BCUT2D eigenvalue weighted by Crippen LogP contribution is -2.25. The highest BCUT2D eigenvalue weighted by atomic mass is 16.5. The number of methoxy groups -OCH3 is 2. The number of aromatic nitrogens is 2. The van der Waals surface area contributed by atoms with Crippen LogP contribution < -0.4 is 14.8 Å². The van der Waals surface area contributed by atoms with Crippen molar-refractivity contribution in [3.8, 4) is 11.6 Å². The number of benzene rings is 1. The molecule has 0 bridgehead atoms. The highest BCUT2D eigenvalue weighted by molar-refractivity contribution is 5.37. The first-order chi connectivity index (χ1) is 10.3. The molecule has 5 nitrogen and oxygen atoms in total. The molecule has 0 aliphatic rings. The van der Waals surface area contributed by atoms with Crippen LogP contribution in [0.3, 0.4) is 0 Å². The van der Waals surface area contributed by atoms with Gasteiger partial charge in [0.05, 0.1) is 20.3 Å². The second-order valence-corrected chi connectivity index (χ2v) is 4.61. The Labute approximate surface area is 125 Å². The van der Waals surface area contributed by atoms with Crippen LogP contribution >= 0.6 is 0 Å². The van der Waals surface area contributed by atoms with E-state index in [-0.39, 0.29) is 6.04 Å². The van der Waals surface area contributed by atoms with Crippen LogP contribution in [0.5, 0.6) is 11.6 Å². The molecule has 0 aliphatic carbocycles. The van der Waals surface area contributed by atoms with E-state index in [4.69, 9.17) is 9.47 Å². The van der Waals surface area contributed by atoms with Gasteiger partial charge >= 0.3 is 0 Å². The molecule has 2 rings (SSSR count). The standard InChI is InChI=1S/C16H21N3O2/c1-4-8-17-14(12-6-5-7-13(11-12)20-2)15-16(21-3)19-10-9-18-15/h5-7,9-11,14,17H,4,8H2,1-3H3. The fraction of sp³-hybridized carbons (Fsp3) is 0.375. The summed E-state index contributed by atoms with van der Waals surface area (Å²) in [7, 11) is 3.27. The minimum Gasteiger partial charge on any atom is -0.497 e. The van der Waals surface area contributed by atoms with Gasteiger partial charge in [0, 0.05) is 12.4 Å². The predicted octanol–water partition coefficient (Wildman–Crippen LogP) is 2.58. The fourth-order valence-corrected chi connectivity index (χ4v) is 2.17. The number of nitrogens with zero attached hydrogens (tertiary/aromatic N) is 2. The third kappa shape index (κ3) is 3.70. The van der Waals surface area contributed by atoms with E-state index in [1.54, 1.807) is 26.6 Å². The highest BCUT2D eigenvalue weighted by Gasteiger charge is 2.20. The molecule has 21 heavy (non-hydrogen) atoms. The molecule has 0 amide bonds. The van der Waals surface area contributed by atoms with Crippen molar-refractivity contribution in [2.24, 2.45) is 0 Å². The van der Waals surface area contributed by atoms with E-state index in [2.05, 4.69) is 22.2 Å². The van der Waals surface area contributed by atoms with Crippen LogP contribution in [0, 0.1) is 0 Å². The van der Waals surface area contributed by atoms with Crippen molar-refractivity contribution >= 4 is 0 Å². The molecule has 1 aromatic heterocycles. The fourth-order valence-electron chi connectivity index (χ4n) is 2.17. The molecule has 0 aliphatic heterocycles. The maximum atomic E-state index is 5.34. The quantitative estimate of drug-likeness (QED) is 0.848. The molecule has 1 heterocycles. The Morgan fingerprint density at radius 3 is 2.67 bits per heavy atom. The molecule has 0 fully saturated rings. The van der Waals surface area contributed by atoms with Gasteiger partial charge in [-0.05, 0) is 30.7 Å². The van der Waals surface area contributed by atoms with E-state index < -0.39 is 0 Å². The molecule has 1 N–H and O–H groups in total. The number of hydrogen-bond acceptors (Lipinski definition) is 5. The predicted molar refractivity (Wildman–Crippen MR) is 81.7 cm³/mol. The zero-order valence-electron chi connectivity index (χ0n) is 12.7. The third-order valence-corrected chi connectivity index (χ3v) is 3.18. The maximum Gasteiger partial charge on any atom is 0.237 e. The van der Waals surface area contributed by atoms with Crippen LogP contribution in [0.15, 0.2) is 36.7 Å². The lowest BCUT2D eigenvalue weighted by molar-refractivity contribution is 0.382. The summed E-state index contributed by atoms with van der Waals surface area (Å²) < 4.78 is 10.6. The Morgan fingerprint density at radius 2 is 1.95 bits per heavy atom. The van der Waals surface area contributed by atoms with Crippen LogP contribution in [0.1, 0.15) is 30.6 Å². The van der Waals surface area contributed by atoms with Crippen molar-refractivity contribution in [2.45, 2.75) is 19.4 Å². The molecule has 112 valence electrons. The summed E-state index contributed by atoms with van der Waals surface area (Å²) >= 11 is 0. The summed E-state index contributed by atoms with van der Waals surface area (Å²) in [6, 6.07) is 7.86. The van der Waals surface area contributed by atoms with Gasteiger partial charge in [0.15, 0.2) is 0 Å². The molecule has 2 aromatic rings. The summed E-state index contributed by atoms with van der Waals surface area (Å²) in [6.45, 7) is 3.01. The lowest BCUT2D eigenvalue weighted by Gasteiger charge is -2.20. The van der Waals surface area contributed by atoms with Gasteiger partial charge in [-0.3, -0.25) is 4.98 Å². The largest absolute Gasteiger partial charge is 0.497 e. The highest BCUT2D eigenvalue weighted by Crippen LogP contribution is 2.28. The van der Waals surface area contributed by atoms with Gasteiger partial charge in [-0.2, -0.15) is 0 Å². The Bertz CT molecular complexity index is 575. The van der Waals surface area contributed by atoms with Crippen LogP contribution in [0.4, 0.5) is 0 Å². The number of ether oxygens (including phenoxy) is 2. The molecular weight excluding hydrogens is 266 g/mol. The van der Waals surface area contributed by atoms with Gasteiger partial charge in [0.2, 0.25) is 5.88 Å². The molecular formula is C16H21N3O2. The van der Waals surface area contributed by atoms with Gasteiger partial charge in [0.25, 0.3) is 0 Å². The maximum absolute atomic E-state index is 5.34. The third-order valence-electron chi connectivity index (χ3n) is 3.18. The van der Waals surface area contributed by atoms with Crippen LogP contribution in [-0.2, 0) is 0 Å². The minimum atomic E-state index is -0.0799. The van der Waals surface area contributed by atoms with Gasteiger partial charge in [-0.25, -0.2) is 4.98 Å². The zero-order chi connectivity index (χ0) is 15.1. The van der Waals surface area contributed by atoms with Gasteiger partial charge in [-0.15, -0.1) is 0 Å². The van der Waals surface area contributed by atoms with E-state index >= 15 is 0 Å². The van der Waals surface area contributed by atoms with E-state index in [0.29, 0.717) is 5.88 Å². The SMILES string of the molecule is CCCNC(c1cccc(OC)c1)c1nccnc1OC. The van der Waals surface area contributed by atoms with Crippen LogP contribution in [-0.4, -0.2) is 30.7 Å². The molecule has 1 atom stereocenters. The number of hydrogen-bond donors (Lipinski definition) is 1. The topological polar surface area (TPSA) is 56.3 Å². The molecule has 1 aromatic carbocycles. The Morgan fingerprint density at radius 1 is 1.14 bits per heavy atom. The van der Waals surface area contributed by atoms with Crippen LogP contribution in [0.2, 0.25) is 0 Å². The summed E-state index contributed by atoms with van der Waals surface area (Å²) in [6.07, 6.45) is 4.34. The molecule has 5 heteroatoms. The van der Waals surface area contributed by atoms with E-state index in [9.17, 15) is 0 Å². The normalized spacial score (nSPS) is 12.0. The van der Waals surface area contributed by atoms with Gasteiger partial charge in [0.1, 0.15) is 11.4 Å². The first kappa shape index (κ1) is 15.3. The average molecular weight is 287 g/mol. The van der Waals surface area contributed by atoms with Crippen molar-refractivity contribution in [2.75, 3.05) is 20.8 Å². The Kier molecular flexibility index (Phi) is 5.51. The van der Waals surface area contributed by atoms with E-state index in [1.807, 2.05) is 24.3 Å². The first-order valence-electron chi connectivity index (χ1n) is 7.02. The van der Waals surface area contributed by atoms with Crippen molar-refractivity contribution in [3.05, 3.63) is 47.9 Å². The Balaban J connectivity index is 2.41. The number of rotatable bonds is 7. The monoisotopic (exact) mass is 287 g/mol. The van der Waals surface area contributed by atoms with E-state index in [1.165, 1.54) is 0 Å². The smallest absolute Gasteiger partial charge is 0.237 e. The minimum absolute atomic E-state index is 0.0799. The molecule has 0 radical (unpaired) electrons. The molecule has 1 unspecified atom stereocenters. The summed E-state index contributed by atoms with van der Waals surface area (Å²) in [5.74, 6) is 1.35. The summed E-state index contributed by atoms with van der Waals surface area (Å²) in [5.41, 5.74) is 1.85. The lowest BCUT2D eigenvalue weighted by atomic mass is 10.0. The Hall–Kier alpha value is -2.14. The van der Waals surface area contributed by atoms with E-state index in [0.717, 1.165) is 30.0 Å². The van der Waals surface area contributed by atoms with Crippen molar-refractivity contribution in [1.82, 2.24) is 15.3 Å². The van der Waals surface area contributed by atoms with Crippen molar-refractivity contribution in [3.63, 3.8) is 0 Å². The second kappa shape index (κ2) is 7.59. The summed E-state index contributed by atoms with van der Waals surface area (Å²) in [5, 5.41) is 3.49. The average Bonchev–Trinajstić information content (AvgIpc) is 2.56. The molecule has 0 spiro atoms. The zero-order valence-corrected chi connectivity index (χ0v) is 12.7. The van der Waals surface area contributed by atoms with Crippen LogP contribution in [0.25, 0.3) is 0 Å². The van der Waals surface area contributed by atoms with Gasteiger partial charge < -0.3 is 14.8 Å². The number of nitrogens with one attached hydrogen (secondary N) is 1. The molecule has 0 saturated carbocycles. The van der Waals surface area contributed by atoms with Crippen molar-refractivity contribution < 1.29 is 9.47 Å². The second-order valence-electron chi connectivity index (χ2n) is 4.61. The summed E-state index contributed by atoms with van der Waals surface area (Å²) in [4.78, 5) is 8.68. The first-order valence-corrected chi connectivity index (χ1v) is 7.02. The molecule has 0 saturated heterocycles. The van der Waals surface area contributed by atoms with Gasteiger partial charge in [-0.1, -0.05) is 19.1 Å².